The molecule has 1 amide bonds. The number of aromatic nitrogens is 2. The number of hydrogen-bond donors (Lipinski definition) is 2. The minimum absolute atomic E-state index is 0.0172. The Balaban J connectivity index is 1.76. The van der Waals surface area contributed by atoms with Gasteiger partial charge in [0.05, 0.1) is 18.2 Å². The van der Waals surface area contributed by atoms with Gasteiger partial charge in [0, 0.05) is 37.8 Å². The predicted octanol–water partition coefficient (Wildman–Crippen LogP) is 2.27. The van der Waals surface area contributed by atoms with Gasteiger partial charge in [0.15, 0.2) is 0 Å². The third-order valence-electron chi connectivity index (χ3n) is 4.76. The number of halogens is 2. The molecule has 1 fully saturated rings. The Morgan fingerprint density at radius 2 is 2.24 bits per heavy atom. The Labute approximate surface area is 145 Å². The smallest absolute Gasteiger partial charge is 0.225 e. The van der Waals surface area contributed by atoms with Crippen LogP contribution in [-0.4, -0.2) is 28.8 Å². The lowest BCUT2D eigenvalue weighted by Gasteiger charge is -2.23. The van der Waals surface area contributed by atoms with E-state index in [1.165, 1.54) is 0 Å². The normalized spacial score (nSPS) is 21.3. The van der Waals surface area contributed by atoms with E-state index in [4.69, 9.17) is 0 Å². The molecular formula is C18H22F2N4O. The van der Waals surface area contributed by atoms with Gasteiger partial charge in [-0.05, 0) is 30.2 Å². The number of benzene rings is 1. The summed E-state index contributed by atoms with van der Waals surface area (Å²) in [6.45, 7) is 3.07. The van der Waals surface area contributed by atoms with Crippen LogP contribution in [0, 0.1) is 17.6 Å². The van der Waals surface area contributed by atoms with Crippen molar-refractivity contribution in [1.82, 2.24) is 20.4 Å². The summed E-state index contributed by atoms with van der Waals surface area (Å²) in [6, 6.07) is 2.76. The highest BCUT2D eigenvalue weighted by atomic mass is 19.1. The molecule has 2 aromatic rings. The summed E-state index contributed by atoms with van der Waals surface area (Å²) in [7, 11) is 1.83. The fourth-order valence-electron chi connectivity index (χ4n) is 3.40. The first kappa shape index (κ1) is 17.5. The summed E-state index contributed by atoms with van der Waals surface area (Å²) < 4.78 is 29.2. The molecule has 3 atom stereocenters. The first-order chi connectivity index (χ1) is 12.0. The van der Waals surface area contributed by atoms with E-state index in [-0.39, 0.29) is 23.3 Å². The quantitative estimate of drug-likeness (QED) is 0.871. The molecule has 25 heavy (non-hydrogen) atoms. The van der Waals surface area contributed by atoms with Crippen molar-refractivity contribution < 1.29 is 13.6 Å². The van der Waals surface area contributed by atoms with Crippen molar-refractivity contribution in [3.63, 3.8) is 0 Å². The maximum absolute atomic E-state index is 14.0. The van der Waals surface area contributed by atoms with E-state index in [9.17, 15) is 13.6 Å². The van der Waals surface area contributed by atoms with Crippen molar-refractivity contribution in [2.45, 2.75) is 25.3 Å². The van der Waals surface area contributed by atoms with Crippen LogP contribution >= 0.6 is 0 Å². The van der Waals surface area contributed by atoms with Gasteiger partial charge in [0.1, 0.15) is 11.6 Å². The SMILES string of the molecule is CCC(NC(=O)[C@H]1CNC[C@@H]1c1cnn(C)c1)c1cc(F)ccc1F. The summed E-state index contributed by atoms with van der Waals surface area (Å²) in [5.41, 5.74) is 1.18. The average molecular weight is 348 g/mol. The second-order valence-electron chi connectivity index (χ2n) is 6.45. The number of nitrogens with zero attached hydrogens (tertiary/aromatic N) is 2. The minimum atomic E-state index is -0.557. The van der Waals surface area contributed by atoms with E-state index in [0.717, 1.165) is 23.8 Å². The monoisotopic (exact) mass is 348 g/mol. The van der Waals surface area contributed by atoms with Crippen LogP contribution in [-0.2, 0) is 11.8 Å². The summed E-state index contributed by atoms with van der Waals surface area (Å²) in [6.07, 6.45) is 4.15. The molecule has 2 heterocycles. The third kappa shape index (κ3) is 3.71. The van der Waals surface area contributed by atoms with Crippen molar-refractivity contribution in [3.05, 3.63) is 53.4 Å². The molecule has 1 unspecified atom stereocenters. The largest absolute Gasteiger partial charge is 0.349 e. The topological polar surface area (TPSA) is 59.0 Å². The van der Waals surface area contributed by atoms with Crippen LogP contribution in [0.2, 0.25) is 0 Å². The lowest BCUT2D eigenvalue weighted by atomic mass is 9.89. The number of carbonyl (C=O) groups excluding carboxylic acids is 1. The van der Waals surface area contributed by atoms with E-state index < -0.39 is 17.7 Å². The molecule has 1 aromatic carbocycles. The highest BCUT2D eigenvalue weighted by molar-refractivity contribution is 5.81. The molecule has 1 aliphatic heterocycles. The number of nitrogens with one attached hydrogen (secondary N) is 2. The molecule has 1 aromatic heterocycles. The number of hydrogen-bond acceptors (Lipinski definition) is 3. The van der Waals surface area contributed by atoms with Crippen molar-refractivity contribution in [3.8, 4) is 0 Å². The third-order valence-corrected chi connectivity index (χ3v) is 4.76. The standard InChI is InChI=1S/C18H22F2N4O/c1-3-17(13-6-12(19)4-5-16(13)20)23-18(25)15-9-21-8-14(15)11-7-22-24(2)10-11/h4-7,10,14-15,17,21H,3,8-9H2,1-2H3,(H,23,25)/t14-,15+,17?/m1/s1. The van der Waals surface area contributed by atoms with Crippen LogP contribution < -0.4 is 10.6 Å². The lowest BCUT2D eigenvalue weighted by molar-refractivity contribution is -0.125. The van der Waals surface area contributed by atoms with Crippen LogP contribution in [0.1, 0.15) is 36.4 Å². The van der Waals surface area contributed by atoms with Crippen LogP contribution in [0.3, 0.4) is 0 Å². The summed E-state index contributed by atoms with van der Waals surface area (Å²) in [4.78, 5) is 12.8. The second kappa shape index (κ2) is 7.31. The van der Waals surface area contributed by atoms with Gasteiger partial charge < -0.3 is 10.6 Å². The van der Waals surface area contributed by atoms with E-state index in [1.807, 2.05) is 20.2 Å². The molecule has 0 radical (unpaired) electrons. The molecule has 1 aliphatic rings. The minimum Gasteiger partial charge on any atom is -0.349 e. The summed E-state index contributed by atoms with van der Waals surface area (Å²) in [5, 5.41) is 10.3. The number of carbonyl (C=O) groups is 1. The van der Waals surface area contributed by atoms with Crippen LogP contribution in [0.5, 0.6) is 0 Å². The molecule has 0 saturated carbocycles. The Bertz CT molecular complexity index is 761. The zero-order valence-corrected chi connectivity index (χ0v) is 14.3. The fourth-order valence-corrected chi connectivity index (χ4v) is 3.40. The van der Waals surface area contributed by atoms with E-state index in [1.54, 1.807) is 10.9 Å². The van der Waals surface area contributed by atoms with E-state index in [2.05, 4.69) is 15.7 Å². The van der Waals surface area contributed by atoms with Gasteiger partial charge >= 0.3 is 0 Å². The highest BCUT2D eigenvalue weighted by Gasteiger charge is 2.35. The van der Waals surface area contributed by atoms with Crippen LogP contribution in [0.25, 0.3) is 0 Å². The molecule has 0 bridgehead atoms. The van der Waals surface area contributed by atoms with Gasteiger partial charge in [-0.15, -0.1) is 0 Å². The molecular weight excluding hydrogens is 326 g/mol. The van der Waals surface area contributed by atoms with Crippen LogP contribution in [0.4, 0.5) is 8.78 Å². The first-order valence-electron chi connectivity index (χ1n) is 8.44. The maximum Gasteiger partial charge on any atom is 0.225 e. The molecule has 7 heteroatoms. The number of amides is 1. The number of rotatable bonds is 5. The Hall–Kier alpha value is -2.28. The molecule has 0 aliphatic carbocycles. The van der Waals surface area contributed by atoms with Crippen LogP contribution in [0.15, 0.2) is 30.6 Å². The molecule has 134 valence electrons. The van der Waals surface area contributed by atoms with Crippen molar-refractivity contribution in [1.29, 1.82) is 0 Å². The highest BCUT2D eigenvalue weighted by Crippen LogP contribution is 2.29. The van der Waals surface area contributed by atoms with Gasteiger partial charge in [-0.1, -0.05) is 6.92 Å². The second-order valence-corrected chi connectivity index (χ2v) is 6.45. The van der Waals surface area contributed by atoms with Gasteiger partial charge in [-0.25, -0.2) is 8.78 Å². The fraction of sp³-hybridized carbons (Fsp3) is 0.444. The molecule has 0 spiro atoms. The molecule has 2 N–H and O–H groups in total. The Kier molecular flexibility index (Phi) is 5.13. The first-order valence-corrected chi connectivity index (χ1v) is 8.44. The average Bonchev–Trinajstić information content (AvgIpc) is 3.23. The Morgan fingerprint density at radius 3 is 2.92 bits per heavy atom. The Morgan fingerprint density at radius 1 is 1.44 bits per heavy atom. The zero-order chi connectivity index (χ0) is 18.0. The van der Waals surface area contributed by atoms with Gasteiger partial charge in [-0.2, -0.15) is 5.10 Å². The predicted molar refractivity (Wildman–Crippen MR) is 89.8 cm³/mol. The van der Waals surface area contributed by atoms with Crippen molar-refractivity contribution in [2.75, 3.05) is 13.1 Å². The van der Waals surface area contributed by atoms with Gasteiger partial charge in [-0.3, -0.25) is 9.48 Å². The van der Waals surface area contributed by atoms with E-state index >= 15 is 0 Å². The summed E-state index contributed by atoms with van der Waals surface area (Å²) >= 11 is 0. The van der Waals surface area contributed by atoms with Crippen molar-refractivity contribution in [2.24, 2.45) is 13.0 Å². The molecule has 5 nitrogen and oxygen atoms in total. The summed E-state index contributed by atoms with van der Waals surface area (Å²) in [5.74, 6) is -1.44. The maximum atomic E-state index is 14.0. The molecule has 3 rings (SSSR count). The van der Waals surface area contributed by atoms with Gasteiger partial charge in [0.25, 0.3) is 0 Å². The molecule has 1 saturated heterocycles. The van der Waals surface area contributed by atoms with E-state index in [0.29, 0.717) is 19.5 Å². The van der Waals surface area contributed by atoms with Crippen molar-refractivity contribution >= 4 is 5.91 Å². The zero-order valence-electron chi connectivity index (χ0n) is 14.3. The lowest BCUT2D eigenvalue weighted by Crippen LogP contribution is -2.37. The number of aryl methyl sites for hydroxylation is 1. The van der Waals surface area contributed by atoms with Gasteiger partial charge in [0.2, 0.25) is 5.91 Å².